The Bertz CT molecular complexity index is 321. The summed E-state index contributed by atoms with van der Waals surface area (Å²) in [7, 11) is 2.06. The lowest BCUT2D eigenvalue weighted by Gasteiger charge is -2.13. The predicted molar refractivity (Wildman–Crippen MR) is 60.1 cm³/mol. The molecule has 0 atom stereocenters. The van der Waals surface area contributed by atoms with Gasteiger partial charge in [0.25, 0.3) is 5.91 Å². The van der Waals surface area contributed by atoms with Gasteiger partial charge in [-0.05, 0) is 31.3 Å². The molecular formula is C11H17N3O. The van der Waals surface area contributed by atoms with Crippen LogP contribution in [0.25, 0.3) is 0 Å². The van der Waals surface area contributed by atoms with Crippen molar-refractivity contribution in [1.29, 1.82) is 0 Å². The maximum atomic E-state index is 11.2. The van der Waals surface area contributed by atoms with Gasteiger partial charge < -0.3 is 4.90 Å². The Morgan fingerprint density at radius 1 is 1.40 bits per heavy atom. The highest BCUT2D eigenvalue weighted by Gasteiger charge is 2.03. The van der Waals surface area contributed by atoms with E-state index in [9.17, 15) is 4.79 Å². The molecule has 0 heterocycles. The molecule has 4 heteroatoms. The Hall–Kier alpha value is -1.39. The van der Waals surface area contributed by atoms with E-state index in [1.165, 1.54) is 5.56 Å². The first-order chi connectivity index (χ1) is 7.17. The van der Waals surface area contributed by atoms with E-state index in [4.69, 9.17) is 5.84 Å². The fourth-order valence-corrected chi connectivity index (χ4v) is 1.27. The zero-order valence-electron chi connectivity index (χ0n) is 9.16. The molecule has 0 aliphatic rings. The number of nitrogen functional groups attached to an aromatic ring is 1. The largest absolute Gasteiger partial charge is 0.302 e. The molecule has 3 N–H and O–H groups in total. The third-order valence-corrected chi connectivity index (χ3v) is 2.34. The average Bonchev–Trinajstić information content (AvgIpc) is 2.29. The third-order valence-electron chi connectivity index (χ3n) is 2.34. The average molecular weight is 207 g/mol. The molecule has 0 saturated heterocycles. The molecule has 4 nitrogen and oxygen atoms in total. The highest BCUT2D eigenvalue weighted by molar-refractivity contribution is 5.93. The summed E-state index contributed by atoms with van der Waals surface area (Å²) >= 11 is 0. The number of hydrogen-bond acceptors (Lipinski definition) is 3. The molecule has 82 valence electrons. The van der Waals surface area contributed by atoms with E-state index in [1.54, 1.807) is 12.1 Å². The van der Waals surface area contributed by atoms with Gasteiger partial charge in [0.1, 0.15) is 0 Å². The van der Waals surface area contributed by atoms with Crippen molar-refractivity contribution in [2.45, 2.75) is 13.5 Å². The minimum absolute atomic E-state index is 0.259. The summed E-state index contributed by atoms with van der Waals surface area (Å²) < 4.78 is 0. The van der Waals surface area contributed by atoms with Crippen LogP contribution in [-0.2, 0) is 6.54 Å². The van der Waals surface area contributed by atoms with Crippen LogP contribution >= 0.6 is 0 Å². The molecule has 1 aromatic rings. The Kier molecular flexibility index (Phi) is 4.27. The van der Waals surface area contributed by atoms with Crippen LogP contribution in [0, 0.1) is 0 Å². The summed E-state index contributed by atoms with van der Waals surface area (Å²) in [6.07, 6.45) is 0. The number of hydrazine groups is 1. The van der Waals surface area contributed by atoms with E-state index in [0.29, 0.717) is 5.56 Å². The highest BCUT2D eigenvalue weighted by Crippen LogP contribution is 2.06. The van der Waals surface area contributed by atoms with Crippen molar-refractivity contribution < 1.29 is 4.79 Å². The van der Waals surface area contributed by atoms with Crippen LogP contribution in [-0.4, -0.2) is 24.4 Å². The molecule has 0 saturated carbocycles. The van der Waals surface area contributed by atoms with Crippen molar-refractivity contribution in [2.24, 2.45) is 5.84 Å². The van der Waals surface area contributed by atoms with E-state index >= 15 is 0 Å². The maximum absolute atomic E-state index is 11.2. The van der Waals surface area contributed by atoms with Gasteiger partial charge in [-0.15, -0.1) is 0 Å². The second kappa shape index (κ2) is 5.48. The van der Waals surface area contributed by atoms with Crippen molar-refractivity contribution in [1.82, 2.24) is 10.3 Å². The number of amides is 1. The lowest BCUT2D eigenvalue weighted by Crippen LogP contribution is -2.29. The quantitative estimate of drug-likeness (QED) is 0.435. The molecule has 1 aromatic carbocycles. The first-order valence-corrected chi connectivity index (χ1v) is 4.95. The number of rotatable bonds is 4. The van der Waals surface area contributed by atoms with Crippen LogP contribution < -0.4 is 11.3 Å². The minimum Gasteiger partial charge on any atom is -0.302 e. The maximum Gasteiger partial charge on any atom is 0.265 e. The van der Waals surface area contributed by atoms with E-state index < -0.39 is 0 Å². The summed E-state index contributed by atoms with van der Waals surface area (Å²) in [6.45, 7) is 4.00. The van der Waals surface area contributed by atoms with Crippen molar-refractivity contribution in [3.8, 4) is 0 Å². The number of hydrogen-bond donors (Lipinski definition) is 2. The smallest absolute Gasteiger partial charge is 0.265 e. The van der Waals surface area contributed by atoms with Crippen molar-refractivity contribution in [3.63, 3.8) is 0 Å². The van der Waals surface area contributed by atoms with Gasteiger partial charge in [-0.25, -0.2) is 5.84 Å². The van der Waals surface area contributed by atoms with Crippen LogP contribution in [0.2, 0.25) is 0 Å². The molecular weight excluding hydrogens is 190 g/mol. The normalized spacial score (nSPS) is 10.4. The standard InChI is InChI=1S/C11H17N3O/c1-3-14(2)8-9-4-6-10(7-5-9)11(15)13-12/h4-7H,3,8,12H2,1-2H3,(H,13,15). The van der Waals surface area contributed by atoms with Crippen molar-refractivity contribution >= 4 is 5.91 Å². The van der Waals surface area contributed by atoms with Gasteiger partial charge in [-0.2, -0.15) is 0 Å². The van der Waals surface area contributed by atoms with Crippen molar-refractivity contribution in [3.05, 3.63) is 35.4 Å². The number of carbonyl (C=O) groups excluding carboxylic acids is 1. The molecule has 1 amide bonds. The summed E-state index contributed by atoms with van der Waals surface area (Å²) in [6, 6.07) is 7.44. The monoisotopic (exact) mass is 207 g/mol. The van der Waals surface area contributed by atoms with Crippen LogP contribution in [0.4, 0.5) is 0 Å². The fraction of sp³-hybridized carbons (Fsp3) is 0.364. The molecule has 0 radical (unpaired) electrons. The van der Waals surface area contributed by atoms with E-state index in [0.717, 1.165) is 13.1 Å². The van der Waals surface area contributed by atoms with Gasteiger partial charge in [0.15, 0.2) is 0 Å². The zero-order valence-corrected chi connectivity index (χ0v) is 9.16. The summed E-state index contributed by atoms with van der Waals surface area (Å²) in [5, 5.41) is 0. The topological polar surface area (TPSA) is 58.4 Å². The van der Waals surface area contributed by atoms with Gasteiger partial charge in [0, 0.05) is 12.1 Å². The summed E-state index contributed by atoms with van der Waals surface area (Å²) in [5.74, 6) is 4.78. The molecule has 15 heavy (non-hydrogen) atoms. The Labute approximate surface area is 90.0 Å². The van der Waals surface area contributed by atoms with Crippen LogP contribution in [0.15, 0.2) is 24.3 Å². The number of nitrogens with two attached hydrogens (primary N) is 1. The molecule has 0 aliphatic heterocycles. The number of benzene rings is 1. The SMILES string of the molecule is CCN(C)Cc1ccc(C(=O)NN)cc1. The second-order valence-corrected chi connectivity index (χ2v) is 3.50. The van der Waals surface area contributed by atoms with Gasteiger partial charge in [-0.3, -0.25) is 10.2 Å². The lowest BCUT2D eigenvalue weighted by atomic mass is 10.1. The molecule has 1 rings (SSSR count). The van der Waals surface area contributed by atoms with Crippen molar-refractivity contribution in [2.75, 3.05) is 13.6 Å². The molecule has 0 aliphatic carbocycles. The molecule has 0 fully saturated rings. The van der Waals surface area contributed by atoms with Gasteiger partial charge in [0.05, 0.1) is 0 Å². The van der Waals surface area contributed by atoms with Gasteiger partial charge in [-0.1, -0.05) is 19.1 Å². The number of nitrogens with zero attached hydrogens (tertiary/aromatic N) is 1. The minimum atomic E-state index is -0.259. The highest BCUT2D eigenvalue weighted by atomic mass is 16.2. The first-order valence-electron chi connectivity index (χ1n) is 4.95. The second-order valence-electron chi connectivity index (χ2n) is 3.50. The van der Waals surface area contributed by atoms with Gasteiger partial charge >= 0.3 is 0 Å². The predicted octanol–water partition coefficient (Wildman–Crippen LogP) is 0.742. The Morgan fingerprint density at radius 2 is 2.00 bits per heavy atom. The Morgan fingerprint density at radius 3 is 2.47 bits per heavy atom. The summed E-state index contributed by atoms with van der Waals surface area (Å²) in [4.78, 5) is 13.3. The van der Waals surface area contributed by atoms with E-state index in [1.807, 2.05) is 12.1 Å². The molecule has 0 spiro atoms. The number of carbonyl (C=O) groups is 1. The molecule has 0 bridgehead atoms. The van der Waals surface area contributed by atoms with Crippen LogP contribution in [0.5, 0.6) is 0 Å². The zero-order chi connectivity index (χ0) is 11.3. The van der Waals surface area contributed by atoms with E-state index in [2.05, 4.69) is 24.3 Å². The van der Waals surface area contributed by atoms with Gasteiger partial charge in [0.2, 0.25) is 0 Å². The lowest BCUT2D eigenvalue weighted by molar-refractivity contribution is 0.0953. The van der Waals surface area contributed by atoms with Crippen LogP contribution in [0.1, 0.15) is 22.8 Å². The molecule has 0 unspecified atom stereocenters. The fourth-order valence-electron chi connectivity index (χ4n) is 1.27. The summed E-state index contributed by atoms with van der Waals surface area (Å²) in [5.41, 5.74) is 3.87. The first kappa shape index (κ1) is 11.7. The number of nitrogens with one attached hydrogen (secondary N) is 1. The molecule has 0 aromatic heterocycles. The third kappa shape index (κ3) is 3.34. The Balaban J connectivity index is 2.68. The van der Waals surface area contributed by atoms with Crippen LogP contribution in [0.3, 0.4) is 0 Å². The van der Waals surface area contributed by atoms with E-state index in [-0.39, 0.29) is 5.91 Å².